The fraction of sp³-hybridized carbons (Fsp3) is 0.407. The van der Waals surface area contributed by atoms with Gasteiger partial charge in [0.2, 0.25) is 5.91 Å². The fourth-order valence-corrected chi connectivity index (χ4v) is 7.12. The molecule has 6 rings (SSSR count). The number of carbonyl (C=O) groups excluding carboxylic acids is 2. The van der Waals surface area contributed by atoms with E-state index in [9.17, 15) is 9.59 Å². The van der Waals surface area contributed by atoms with Crippen molar-refractivity contribution in [3.05, 3.63) is 64.2 Å². The summed E-state index contributed by atoms with van der Waals surface area (Å²) in [6.07, 6.45) is 5.26. The van der Waals surface area contributed by atoms with Gasteiger partial charge in [0.05, 0.1) is 18.1 Å². The van der Waals surface area contributed by atoms with Gasteiger partial charge in [0.15, 0.2) is 23.4 Å². The minimum atomic E-state index is -0.608. The number of ether oxygens (including phenoxy) is 2. The van der Waals surface area contributed by atoms with Crippen molar-refractivity contribution in [1.82, 2.24) is 10.2 Å². The number of hydrogen-bond acceptors (Lipinski definition) is 5. The van der Waals surface area contributed by atoms with Gasteiger partial charge in [-0.1, -0.05) is 29.8 Å². The van der Waals surface area contributed by atoms with Gasteiger partial charge in [0.25, 0.3) is 0 Å². The molecule has 2 aliphatic carbocycles. The molecule has 7 heteroatoms. The normalized spacial score (nSPS) is 31.2. The first-order valence-electron chi connectivity index (χ1n) is 11.8. The molecule has 0 radical (unpaired) electrons. The second-order valence-electron chi connectivity index (χ2n) is 9.86. The maximum atomic E-state index is 13.4. The zero-order valence-corrected chi connectivity index (χ0v) is 20.0. The van der Waals surface area contributed by atoms with E-state index in [4.69, 9.17) is 21.1 Å². The van der Waals surface area contributed by atoms with Gasteiger partial charge in [-0.2, -0.15) is 0 Å². The van der Waals surface area contributed by atoms with Crippen molar-refractivity contribution < 1.29 is 19.1 Å². The third-order valence-electron chi connectivity index (χ3n) is 8.43. The molecule has 4 aliphatic rings. The van der Waals surface area contributed by atoms with E-state index in [0.717, 1.165) is 30.5 Å². The van der Waals surface area contributed by atoms with Gasteiger partial charge >= 0.3 is 0 Å². The second-order valence-corrected chi connectivity index (χ2v) is 10.3. The molecule has 2 aromatic rings. The molecule has 0 aromatic heterocycles. The van der Waals surface area contributed by atoms with Gasteiger partial charge < -0.3 is 19.7 Å². The number of ketones is 1. The zero-order valence-electron chi connectivity index (χ0n) is 19.3. The van der Waals surface area contributed by atoms with Crippen LogP contribution in [0, 0.1) is 0 Å². The molecule has 4 atom stereocenters. The lowest BCUT2D eigenvalue weighted by atomic mass is 9.47. The highest BCUT2D eigenvalue weighted by Gasteiger charge is 2.73. The summed E-state index contributed by atoms with van der Waals surface area (Å²) in [7, 11) is 3.74. The van der Waals surface area contributed by atoms with Gasteiger partial charge in [-0.15, -0.1) is 0 Å². The summed E-state index contributed by atoms with van der Waals surface area (Å²) in [4.78, 5) is 29.0. The number of methoxy groups -OCH3 is 1. The van der Waals surface area contributed by atoms with E-state index in [2.05, 4.69) is 23.3 Å². The Balaban J connectivity index is 1.46. The Bertz CT molecular complexity index is 1230. The van der Waals surface area contributed by atoms with Gasteiger partial charge in [-0.25, -0.2) is 0 Å². The number of halogens is 1. The first-order chi connectivity index (χ1) is 16.4. The van der Waals surface area contributed by atoms with Crippen molar-refractivity contribution in [3.8, 4) is 11.5 Å². The number of rotatable bonds is 4. The monoisotopic (exact) mass is 478 g/mol. The number of carbonyl (C=O) groups is 2. The zero-order chi connectivity index (χ0) is 23.7. The molecule has 2 heterocycles. The van der Waals surface area contributed by atoms with Crippen LogP contribution in [0.2, 0.25) is 5.02 Å². The number of nitrogens with zero attached hydrogens (tertiary/aromatic N) is 1. The van der Waals surface area contributed by atoms with Crippen LogP contribution in [-0.4, -0.2) is 55.0 Å². The minimum absolute atomic E-state index is 0.0696. The Labute approximate surface area is 203 Å². The Morgan fingerprint density at radius 2 is 2.03 bits per heavy atom. The highest BCUT2D eigenvalue weighted by molar-refractivity contribution is 6.30. The minimum Gasteiger partial charge on any atom is -0.493 e. The van der Waals surface area contributed by atoms with Gasteiger partial charge in [-0.05, 0) is 68.3 Å². The average molecular weight is 479 g/mol. The smallest absolute Gasteiger partial charge is 0.244 e. The topological polar surface area (TPSA) is 67.9 Å². The van der Waals surface area contributed by atoms with E-state index >= 15 is 0 Å². The molecule has 2 fully saturated rings. The molecule has 1 N–H and O–H groups in total. The van der Waals surface area contributed by atoms with E-state index in [1.165, 1.54) is 5.56 Å². The molecule has 1 saturated carbocycles. The molecule has 1 amide bonds. The molecular weight excluding hydrogens is 452 g/mol. The van der Waals surface area contributed by atoms with Gasteiger partial charge in [-0.3, -0.25) is 9.59 Å². The largest absolute Gasteiger partial charge is 0.493 e. The van der Waals surface area contributed by atoms with Crippen molar-refractivity contribution in [1.29, 1.82) is 0 Å². The van der Waals surface area contributed by atoms with E-state index in [1.807, 2.05) is 18.2 Å². The standard InChI is InChI=1S/C27H27ClN2O4/c1-30-14-13-26-23-17-6-9-20(33-2)24(23)34-25(26)19(31)11-12-27(26,21(30)15-17)29-22(32)10-5-16-3-7-18(28)8-4-16/h3-10,21,25H,11-15H2,1-2H3,(H,29,32)/b10-5+/t21?,25-,26-,27+/m0/s1. The number of likely N-dealkylation sites (tertiary alicyclic amines) is 1. The van der Waals surface area contributed by atoms with Crippen LogP contribution in [0.5, 0.6) is 11.5 Å². The first kappa shape index (κ1) is 21.7. The Morgan fingerprint density at radius 1 is 1.24 bits per heavy atom. The number of Topliss-reactive ketones (excluding diaryl/α,β-unsaturated/α-hetero) is 1. The van der Waals surface area contributed by atoms with Crippen molar-refractivity contribution in [2.75, 3.05) is 20.7 Å². The molecule has 1 saturated heterocycles. The van der Waals surface area contributed by atoms with E-state index in [1.54, 1.807) is 31.4 Å². The molecule has 176 valence electrons. The Kier molecular flexibility index (Phi) is 4.84. The first-order valence-corrected chi connectivity index (χ1v) is 12.1. The van der Waals surface area contributed by atoms with Crippen LogP contribution >= 0.6 is 11.6 Å². The number of amides is 1. The van der Waals surface area contributed by atoms with Crippen LogP contribution in [0.15, 0.2) is 42.5 Å². The van der Waals surface area contributed by atoms with E-state index < -0.39 is 17.1 Å². The summed E-state index contributed by atoms with van der Waals surface area (Å²) in [5, 5.41) is 4.09. The molecule has 34 heavy (non-hydrogen) atoms. The highest BCUT2D eigenvalue weighted by atomic mass is 35.5. The SMILES string of the molecule is COc1ccc2c3c1O[C@H]1C(=O)CC[C@@]4(NC(=O)/C=C/c5ccc(Cl)cc5)C(C2)N(C)CC[C@]314. The van der Waals surface area contributed by atoms with Gasteiger partial charge in [0.1, 0.15) is 0 Å². The van der Waals surface area contributed by atoms with Crippen LogP contribution in [0.1, 0.15) is 36.0 Å². The van der Waals surface area contributed by atoms with Crippen LogP contribution < -0.4 is 14.8 Å². The molecule has 2 aliphatic heterocycles. The van der Waals surface area contributed by atoms with Crippen molar-refractivity contribution >= 4 is 29.4 Å². The van der Waals surface area contributed by atoms with Crippen molar-refractivity contribution in [2.45, 2.75) is 48.8 Å². The molecule has 2 bridgehead atoms. The fourth-order valence-electron chi connectivity index (χ4n) is 6.99. The molecule has 1 spiro atoms. The molecule has 1 unspecified atom stereocenters. The Morgan fingerprint density at radius 3 is 2.79 bits per heavy atom. The summed E-state index contributed by atoms with van der Waals surface area (Å²) >= 11 is 5.98. The summed E-state index contributed by atoms with van der Waals surface area (Å²) in [6.45, 7) is 0.839. The van der Waals surface area contributed by atoms with Crippen LogP contribution in [0.25, 0.3) is 6.08 Å². The highest BCUT2D eigenvalue weighted by Crippen LogP contribution is 2.64. The lowest BCUT2D eigenvalue weighted by Gasteiger charge is -2.64. The quantitative estimate of drug-likeness (QED) is 0.681. The lowest BCUT2D eigenvalue weighted by molar-refractivity contribution is -0.147. The Hall–Kier alpha value is -2.83. The third-order valence-corrected chi connectivity index (χ3v) is 8.68. The number of likely N-dealkylation sites (N-methyl/N-ethyl adjacent to an activating group) is 1. The summed E-state index contributed by atoms with van der Waals surface area (Å²) in [6, 6.07) is 11.5. The lowest BCUT2D eigenvalue weighted by Crippen LogP contribution is -2.81. The van der Waals surface area contributed by atoms with Crippen molar-refractivity contribution in [3.63, 3.8) is 0 Å². The summed E-state index contributed by atoms with van der Waals surface area (Å²) < 4.78 is 12.0. The second kappa shape index (κ2) is 7.59. The maximum Gasteiger partial charge on any atom is 0.244 e. The van der Waals surface area contributed by atoms with Crippen LogP contribution in [0.3, 0.4) is 0 Å². The van der Waals surface area contributed by atoms with Crippen LogP contribution in [-0.2, 0) is 21.4 Å². The average Bonchev–Trinajstić information content (AvgIpc) is 3.19. The number of nitrogens with one attached hydrogen (secondary N) is 1. The van der Waals surface area contributed by atoms with Crippen molar-refractivity contribution in [2.24, 2.45) is 0 Å². The number of piperidine rings is 1. The van der Waals surface area contributed by atoms with Gasteiger partial charge in [0, 0.05) is 29.1 Å². The number of hydrogen-bond donors (Lipinski definition) is 1. The number of benzene rings is 2. The molecular formula is C27H27ClN2O4. The molecule has 2 aromatic carbocycles. The van der Waals surface area contributed by atoms with E-state index in [-0.39, 0.29) is 17.7 Å². The maximum absolute atomic E-state index is 13.4. The summed E-state index contributed by atoms with van der Waals surface area (Å²) in [5.41, 5.74) is 1.95. The van der Waals surface area contributed by atoms with E-state index in [0.29, 0.717) is 29.4 Å². The third kappa shape index (κ3) is 2.78. The predicted molar refractivity (Wildman–Crippen MR) is 129 cm³/mol. The molecule has 6 nitrogen and oxygen atoms in total. The summed E-state index contributed by atoms with van der Waals surface area (Å²) in [5.74, 6) is 1.27. The van der Waals surface area contributed by atoms with Crippen LogP contribution in [0.4, 0.5) is 0 Å². The predicted octanol–water partition coefficient (Wildman–Crippen LogP) is 3.54.